The van der Waals surface area contributed by atoms with E-state index in [1.807, 2.05) is 0 Å². The molecule has 0 saturated heterocycles. The molecule has 1 saturated carbocycles. The number of methoxy groups -OCH3 is 1. The predicted molar refractivity (Wildman–Crippen MR) is 176 cm³/mol. The van der Waals surface area contributed by atoms with E-state index in [-0.39, 0.29) is 65.4 Å². The van der Waals surface area contributed by atoms with E-state index in [0.717, 1.165) is 89.9 Å². The molecule has 0 spiro atoms. The highest BCUT2D eigenvalue weighted by Crippen LogP contribution is 2.34. The molecule has 1 aliphatic carbocycles. The Balaban J connectivity index is 1.66. The maximum Gasteiger partial charge on any atom is 0.328 e. The van der Waals surface area contributed by atoms with E-state index >= 15 is 0 Å². The van der Waals surface area contributed by atoms with Gasteiger partial charge in [0.25, 0.3) is 0 Å². The van der Waals surface area contributed by atoms with Crippen LogP contribution in [0.2, 0.25) is 0 Å². The molecule has 1 aliphatic heterocycles. The van der Waals surface area contributed by atoms with Gasteiger partial charge in [-0.2, -0.15) is 0 Å². The van der Waals surface area contributed by atoms with Gasteiger partial charge in [0.05, 0.1) is 18.2 Å². The molecule has 9 heteroatoms. The summed E-state index contributed by atoms with van der Waals surface area (Å²) in [4.78, 5) is 38.7. The average Bonchev–Trinajstić information content (AvgIpc) is 3.01. The number of ether oxygens (including phenoxy) is 2. The standard InChI is InChI=1S/C36H58N2O7/c1-24-14-13-17-28-21-29(39)22-31(34(28)41)38-33(40)23-30(44-4)18-11-6-5-7-12-19-32(25(2)20-24)45-36(43)26(3)37-35(42)27-15-9-8-10-16-27/h21-22,24-27,30,32,39,41H,5-20,23H2,1-4H3,(H,37,42)(H,38,40)/t24?,25?,26-,30?,32?/m0/s1. The van der Waals surface area contributed by atoms with E-state index in [0.29, 0.717) is 17.9 Å². The van der Waals surface area contributed by atoms with Crippen molar-refractivity contribution in [3.05, 3.63) is 17.7 Å². The molecule has 3 rings (SSSR count). The fourth-order valence-electron chi connectivity index (χ4n) is 6.93. The monoisotopic (exact) mass is 630 g/mol. The molecule has 0 radical (unpaired) electrons. The molecule has 2 amide bonds. The van der Waals surface area contributed by atoms with E-state index < -0.39 is 6.04 Å². The molecule has 4 N–H and O–H groups in total. The van der Waals surface area contributed by atoms with Crippen molar-refractivity contribution in [3.63, 3.8) is 0 Å². The van der Waals surface area contributed by atoms with Crippen molar-refractivity contribution in [1.82, 2.24) is 5.32 Å². The summed E-state index contributed by atoms with van der Waals surface area (Å²) in [6.07, 6.45) is 14.4. The lowest BCUT2D eigenvalue weighted by Crippen LogP contribution is -2.44. The van der Waals surface area contributed by atoms with Gasteiger partial charge in [0, 0.05) is 19.1 Å². The number of carbonyl (C=O) groups excluding carboxylic acids is 3. The summed E-state index contributed by atoms with van der Waals surface area (Å²) < 4.78 is 11.7. The maximum absolute atomic E-state index is 13.2. The zero-order chi connectivity index (χ0) is 32.8. The predicted octanol–water partition coefficient (Wildman–Crippen LogP) is 7.17. The molecule has 2 bridgehead atoms. The lowest BCUT2D eigenvalue weighted by Gasteiger charge is -2.28. The smallest absolute Gasteiger partial charge is 0.328 e. The van der Waals surface area contributed by atoms with Crippen LogP contribution in [-0.4, -0.2) is 53.4 Å². The first kappa shape index (κ1) is 36.7. The number of fused-ring (bicyclic) bond motifs is 2. The van der Waals surface area contributed by atoms with E-state index in [2.05, 4.69) is 24.5 Å². The van der Waals surface area contributed by atoms with Crippen molar-refractivity contribution in [2.75, 3.05) is 12.4 Å². The molecule has 254 valence electrons. The summed E-state index contributed by atoms with van der Waals surface area (Å²) in [5.41, 5.74) is 0.807. The van der Waals surface area contributed by atoms with Crippen LogP contribution in [0.25, 0.3) is 0 Å². The van der Waals surface area contributed by atoms with Crippen LogP contribution >= 0.6 is 0 Å². The summed E-state index contributed by atoms with van der Waals surface area (Å²) in [5, 5.41) is 26.9. The minimum absolute atomic E-state index is 0.00438. The second-order valence-electron chi connectivity index (χ2n) is 13.7. The van der Waals surface area contributed by atoms with Gasteiger partial charge in [-0.1, -0.05) is 65.2 Å². The van der Waals surface area contributed by atoms with Gasteiger partial charge in [0.15, 0.2) is 0 Å². The summed E-state index contributed by atoms with van der Waals surface area (Å²) in [6, 6.07) is 2.25. The third-order valence-electron chi connectivity index (χ3n) is 9.72. The molecule has 5 atom stereocenters. The number of anilines is 1. The largest absolute Gasteiger partial charge is 0.508 e. The van der Waals surface area contributed by atoms with Crippen molar-refractivity contribution in [2.45, 2.75) is 148 Å². The maximum atomic E-state index is 13.2. The molecule has 1 heterocycles. The second kappa shape index (κ2) is 19.0. The van der Waals surface area contributed by atoms with Crippen LogP contribution in [0, 0.1) is 17.8 Å². The van der Waals surface area contributed by atoms with Crippen LogP contribution in [-0.2, 0) is 30.3 Å². The van der Waals surface area contributed by atoms with Crippen LogP contribution in [0.5, 0.6) is 11.5 Å². The van der Waals surface area contributed by atoms with E-state index in [1.165, 1.54) is 12.5 Å². The number of aryl methyl sites for hydroxylation is 1. The van der Waals surface area contributed by atoms with Crippen LogP contribution in [0.15, 0.2) is 12.1 Å². The highest BCUT2D eigenvalue weighted by molar-refractivity contribution is 5.93. The van der Waals surface area contributed by atoms with Gasteiger partial charge < -0.3 is 30.3 Å². The van der Waals surface area contributed by atoms with Crippen molar-refractivity contribution < 1.29 is 34.1 Å². The van der Waals surface area contributed by atoms with Crippen molar-refractivity contribution in [3.8, 4) is 11.5 Å². The van der Waals surface area contributed by atoms with Crippen LogP contribution in [0.1, 0.15) is 129 Å². The summed E-state index contributed by atoms with van der Waals surface area (Å²) >= 11 is 0. The number of phenols is 2. The van der Waals surface area contributed by atoms with Crippen LogP contribution in [0.4, 0.5) is 5.69 Å². The highest BCUT2D eigenvalue weighted by Gasteiger charge is 2.29. The van der Waals surface area contributed by atoms with Crippen LogP contribution < -0.4 is 10.6 Å². The normalized spacial score (nSPS) is 26.1. The first-order valence-corrected chi connectivity index (χ1v) is 17.5. The highest BCUT2D eigenvalue weighted by atomic mass is 16.5. The number of carbonyl (C=O) groups is 3. The number of rotatable bonds is 5. The molecule has 9 nitrogen and oxygen atoms in total. The molecule has 1 aromatic carbocycles. The third-order valence-corrected chi connectivity index (χ3v) is 9.72. The zero-order valence-corrected chi connectivity index (χ0v) is 28.1. The number of aromatic hydroxyl groups is 2. The zero-order valence-electron chi connectivity index (χ0n) is 28.1. The molecular formula is C36H58N2O7. The first-order valence-electron chi connectivity index (χ1n) is 17.5. The van der Waals surface area contributed by atoms with E-state index in [9.17, 15) is 24.6 Å². The Morgan fingerprint density at radius 1 is 0.911 bits per heavy atom. The SMILES string of the molecule is COC1CCCCCCCC(OC(=O)[C@H](C)NC(=O)C2CCCCC2)C(C)CC(C)CCCc2cc(O)cc(c2O)NC(=O)C1. The summed E-state index contributed by atoms with van der Waals surface area (Å²) in [5.74, 6) is -0.181. The lowest BCUT2D eigenvalue weighted by molar-refractivity contribution is -0.156. The molecule has 1 aromatic rings. The Morgan fingerprint density at radius 3 is 2.27 bits per heavy atom. The van der Waals surface area contributed by atoms with Gasteiger partial charge in [-0.05, 0) is 81.8 Å². The van der Waals surface area contributed by atoms with Crippen molar-refractivity contribution in [2.24, 2.45) is 17.8 Å². The summed E-state index contributed by atoms with van der Waals surface area (Å²) in [7, 11) is 1.61. The van der Waals surface area contributed by atoms with Crippen molar-refractivity contribution in [1.29, 1.82) is 0 Å². The number of hydrogen-bond acceptors (Lipinski definition) is 7. The van der Waals surface area contributed by atoms with E-state index in [4.69, 9.17) is 9.47 Å². The fraction of sp³-hybridized carbons (Fsp3) is 0.750. The second-order valence-corrected chi connectivity index (χ2v) is 13.7. The van der Waals surface area contributed by atoms with Crippen molar-refractivity contribution >= 4 is 23.5 Å². The Bertz CT molecular complexity index is 1090. The molecule has 4 unspecified atom stereocenters. The van der Waals surface area contributed by atoms with Crippen LogP contribution in [0.3, 0.4) is 0 Å². The van der Waals surface area contributed by atoms with Gasteiger partial charge in [-0.25, -0.2) is 4.79 Å². The number of benzene rings is 1. The molecule has 2 aliphatic rings. The number of esters is 1. The topological polar surface area (TPSA) is 134 Å². The number of nitrogens with one attached hydrogen (secondary N) is 2. The number of phenolic OH excluding ortho intramolecular Hbond substituents is 2. The van der Waals surface area contributed by atoms with Gasteiger partial charge >= 0.3 is 5.97 Å². The van der Waals surface area contributed by atoms with Gasteiger partial charge in [-0.3, -0.25) is 9.59 Å². The van der Waals surface area contributed by atoms with E-state index in [1.54, 1.807) is 20.1 Å². The Labute approximate surface area is 270 Å². The number of amides is 2. The molecule has 45 heavy (non-hydrogen) atoms. The first-order chi connectivity index (χ1) is 21.6. The Morgan fingerprint density at radius 2 is 1.56 bits per heavy atom. The number of hydrogen-bond donors (Lipinski definition) is 4. The molecule has 0 aromatic heterocycles. The fourth-order valence-corrected chi connectivity index (χ4v) is 6.93. The molecular weight excluding hydrogens is 572 g/mol. The summed E-state index contributed by atoms with van der Waals surface area (Å²) in [6.45, 7) is 6.07. The molecule has 1 fully saturated rings. The van der Waals surface area contributed by atoms with Gasteiger partial charge in [0.2, 0.25) is 11.8 Å². The quantitative estimate of drug-likeness (QED) is 0.154. The minimum atomic E-state index is -0.677. The Hall–Kier alpha value is -2.81. The lowest BCUT2D eigenvalue weighted by atomic mass is 9.87. The average molecular weight is 631 g/mol. The Kier molecular flexibility index (Phi) is 15.5. The third kappa shape index (κ3) is 12.5. The minimum Gasteiger partial charge on any atom is -0.508 e. The van der Waals surface area contributed by atoms with Gasteiger partial charge in [-0.15, -0.1) is 0 Å². The van der Waals surface area contributed by atoms with Gasteiger partial charge in [0.1, 0.15) is 23.6 Å².